The van der Waals surface area contributed by atoms with E-state index in [1.807, 2.05) is 12.1 Å². The third kappa shape index (κ3) is 4.99. The number of hydrogen-bond donors (Lipinski definition) is 1. The minimum Gasteiger partial charge on any atom is -0.399 e. The Morgan fingerprint density at radius 3 is 2.13 bits per heavy atom. The molecule has 2 unspecified atom stereocenters. The molecule has 0 saturated heterocycles. The van der Waals surface area contributed by atoms with E-state index in [9.17, 15) is 0 Å². The highest BCUT2D eigenvalue weighted by atomic mass is 14.7. The van der Waals surface area contributed by atoms with Crippen molar-refractivity contribution in [3.05, 3.63) is 99.6 Å². The molecule has 0 spiro atoms. The summed E-state index contributed by atoms with van der Waals surface area (Å²) >= 11 is 0. The lowest BCUT2D eigenvalue weighted by atomic mass is 9.82. The third-order valence-corrected chi connectivity index (χ3v) is 6.35. The SMILES string of the molecule is C=NC(Cc1c(C)ccc(C(CC)Cc2ccc(C)cc2)c1C)c1ccc(N)cc1. The van der Waals surface area contributed by atoms with Crippen LogP contribution in [0.5, 0.6) is 0 Å². The number of hydrogen-bond acceptors (Lipinski definition) is 2. The smallest absolute Gasteiger partial charge is 0.0782 e. The number of nitrogens with zero attached hydrogens (tertiary/aromatic N) is 1. The van der Waals surface area contributed by atoms with Crippen molar-refractivity contribution in [2.24, 2.45) is 4.99 Å². The molecule has 0 radical (unpaired) electrons. The van der Waals surface area contributed by atoms with Crippen LogP contribution in [0, 0.1) is 20.8 Å². The van der Waals surface area contributed by atoms with E-state index >= 15 is 0 Å². The zero-order valence-electron chi connectivity index (χ0n) is 18.8. The van der Waals surface area contributed by atoms with Gasteiger partial charge in [-0.15, -0.1) is 0 Å². The number of anilines is 1. The number of benzene rings is 3. The summed E-state index contributed by atoms with van der Waals surface area (Å²) in [4.78, 5) is 4.45. The van der Waals surface area contributed by atoms with Gasteiger partial charge in [0, 0.05) is 5.69 Å². The van der Waals surface area contributed by atoms with Crippen molar-refractivity contribution in [1.29, 1.82) is 0 Å². The molecule has 0 saturated carbocycles. The van der Waals surface area contributed by atoms with Gasteiger partial charge < -0.3 is 5.73 Å². The summed E-state index contributed by atoms with van der Waals surface area (Å²) in [7, 11) is 0. The summed E-state index contributed by atoms with van der Waals surface area (Å²) in [6, 6.07) is 21.6. The minimum atomic E-state index is 0.0374. The molecular weight excluding hydrogens is 364 g/mol. The van der Waals surface area contributed by atoms with Gasteiger partial charge in [0.25, 0.3) is 0 Å². The molecule has 0 aromatic heterocycles. The predicted octanol–water partition coefficient (Wildman–Crippen LogP) is 6.91. The zero-order chi connectivity index (χ0) is 21.7. The van der Waals surface area contributed by atoms with Crippen LogP contribution in [0.15, 0.2) is 65.7 Å². The average Bonchev–Trinajstić information content (AvgIpc) is 2.75. The highest BCUT2D eigenvalue weighted by Gasteiger charge is 2.19. The Morgan fingerprint density at radius 2 is 1.53 bits per heavy atom. The molecule has 0 fully saturated rings. The largest absolute Gasteiger partial charge is 0.399 e. The molecule has 0 aliphatic heterocycles. The molecule has 2 atom stereocenters. The monoisotopic (exact) mass is 398 g/mol. The Labute approximate surface area is 181 Å². The number of rotatable bonds is 8. The lowest BCUT2D eigenvalue weighted by molar-refractivity contribution is 0.650. The first kappa shape index (κ1) is 21.8. The lowest BCUT2D eigenvalue weighted by Crippen LogP contribution is -2.09. The molecule has 30 heavy (non-hydrogen) atoms. The maximum Gasteiger partial charge on any atom is 0.0782 e. The molecule has 2 heteroatoms. The summed E-state index contributed by atoms with van der Waals surface area (Å²) < 4.78 is 0. The zero-order valence-corrected chi connectivity index (χ0v) is 18.8. The molecule has 0 bridgehead atoms. The van der Waals surface area contributed by atoms with Gasteiger partial charge in [0.1, 0.15) is 0 Å². The van der Waals surface area contributed by atoms with Crippen molar-refractivity contribution in [3.63, 3.8) is 0 Å². The molecule has 0 aliphatic rings. The summed E-state index contributed by atoms with van der Waals surface area (Å²) in [6.45, 7) is 12.8. The van der Waals surface area contributed by atoms with E-state index in [1.54, 1.807) is 0 Å². The first-order valence-electron chi connectivity index (χ1n) is 10.9. The van der Waals surface area contributed by atoms with Crippen LogP contribution in [0.4, 0.5) is 5.69 Å². The standard InChI is InChI=1S/C28H34N2/c1-6-23(17-22-10-7-19(2)8-11-22)26-16-9-20(3)27(21(26)4)18-28(30-5)24-12-14-25(29)15-13-24/h7-16,23,28H,5-6,17-18,29H2,1-4H3. The Bertz CT molecular complexity index is 984. The van der Waals surface area contributed by atoms with E-state index in [0.29, 0.717) is 5.92 Å². The number of aliphatic imine (C=N–C) groups is 1. The van der Waals surface area contributed by atoms with Crippen molar-refractivity contribution in [3.8, 4) is 0 Å². The summed E-state index contributed by atoms with van der Waals surface area (Å²) in [5, 5.41) is 0. The van der Waals surface area contributed by atoms with Crippen LogP contribution in [-0.4, -0.2) is 6.72 Å². The van der Waals surface area contributed by atoms with E-state index in [0.717, 1.165) is 30.5 Å². The molecule has 3 aromatic carbocycles. The van der Waals surface area contributed by atoms with Gasteiger partial charge in [0.05, 0.1) is 6.04 Å². The first-order chi connectivity index (χ1) is 14.4. The number of nitrogen functional groups attached to an aromatic ring is 1. The maximum atomic E-state index is 5.86. The van der Waals surface area contributed by atoms with Gasteiger partial charge in [-0.1, -0.05) is 61.0 Å². The second-order valence-corrected chi connectivity index (χ2v) is 8.44. The van der Waals surface area contributed by atoms with Crippen LogP contribution in [0.3, 0.4) is 0 Å². The normalized spacial score (nSPS) is 13.1. The molecule has 3 aromatic rings. The predicted molar refractivity (Wildman–Crippen MR) is 131 cm³/mol. The fourth-order valence-electron chi connectivity index (χ4n) is 4.35. The van der Waals surface area contributed by atoms with Crippen LogP contribution in [0.25, 0.3) is 0 Å². The van der Waals surface area contributed by atoms with Gasteiger partial charge in [-0.25, -0.2) is 0 Å². The Hall–Kier alpha value is -2.87. The molecule has 0 aliphatic carbocycles. The lowest BCUT2D eigenvalue weighted by Gasteiger charge is -2.23. The van der Waals surface area contributed by atoms with E-state index in [2.05, 4.69) is 87.9 Å². The number of nitrogens with two attached hydrogens (primary N) is 1. The van der Waals surface area contributed by atoms with Crippen LogP contribution in [0.2, 0.25) is 0 Å². The second kappa shape index (κ2) is 9.75. The van der Waals surface area contributed by atoms with Crippen LogP contribution >= 0.6 is 0 Å². The van der Waals surface area contributed by atoms with Gasteiger partial charge >= 0.3 is 0 Å². The molecule has 2 nitrogen and oxygen atoms in total. The van der Waals surface area contributed by atoms with Gasteiger partial charge in [0.15, 0.2) is 0 Å². The minimum absolute atomic E-state index is 0.0374. The van der Waals surface area contributed by atoms with E-state index in [1.165, 1.54) is 33.4 Å². The van der Waals surface area contributed by atoms with E-state index in [-0.39, 0.29) is 6.04 Å². The van der Waals surface area contributed by atoms with E-state index in [4.69, 9.17) is 5.73 Å². The van der Waals surface area contributed by atoms with Gasteiger partial charge in [-0.3, -0.25) is 4.99 Å². The van der Waals surface area contributed by atoms with Crippen molar-refractivity contribution in [2.75, 3.05) is 5.73 Å². The van der Waals surface area contributed by atoms with Gasteiger partial charge in [-0.05, 0) is 98.2 Å². The molecule has 156 valence electrons. The Balaban J connectivity index is 1.90. The van der Waals surface area contributed by atoms with Crippen molar-refractivity contribution in [1.82, 2.24) is 0 Å². The molecule has 0 heterocycles. The third-order valence-electron chi connectivity index (χ3n) is 6.35. The van der Waals surface area contributed by atoms with Crippen LogP contribution in [-0.2, 0) is 12.8 Å². The van der Waals surface area contributed by atoms with Crippen molar-refractivity contribution < 1.29 is 0 Å². The highest BCUT2D eigenvalue weighted by Crippen LogP contribution is 2.33. The molecule has 2 N–H and O–H groups in total. The summed E-state index contributed by atoms with van der Waals surface area (Å²) in [5.74, 6) is 0.513. The maximum absolute atomic E-state index is 5.86. The van der Waals surface area contributed by atoms with E-state index < -0.39 is 0 Å². The number of aryl methyl sites for hydroxylation is 2. The second-order valence-electron chi connectivity index (χ2n) is 8.44. The summed E-state index contributed by atoms with van der Waals surface area (Å²) in [5.41, 5.74) is 16.1. The quantitative estimate of drug-likeness (QED) is 0.325. The van der Waals surface area contributed by atoms with Crippen LogP contribution in [0.1, 0.15) is 64.2 Å². The molecule has 3 rings (SSSR count). The first-order valence-corrected chi connectivity index (χ1v) is 10.9. The topological polar surface area (TPSA) is 38.4 Å². The molecular formula is C28H34N2. The molecule has 0 amide bonds. The van der Waals surface area contributed by atoms with Gasteiger partial charge in [0.2, 0.25) is 0 Å². The van der Waals surface area contributed by atoms with Gasteiger partial charge in [-0.2, -0.15) is 0 Å². The fraction of sp³-hybridized carbons (Fsp3) is 0.321. The highest BCUT2D eigenvalue weighted by molar-refractivity contribution is 5.45. The van der Waals surface area contributed by atoms with Crippen LogP contribution < -0.4 is 5.73 Å². The van der Waals surface area contributed by atoms with Crippen molar-refractivity contribution >= 4 is 12.4 Å². The Morgan fingerprint density at radius 1 is 0.867 bits per heavy atom. The fourth-order valence-corrected chi connectivity index (χ4v) is 4.35. The van der Waals surface area contributed by atoms with Crippen molar-refractivity contribution in [2.45, 2.75) is 58.9 Å². The average molecular weight is 399 g/mol. The Kier molecular flexibility index (Phi) is 7.10. The summed E-state index contributed by atoms with van der Waals surface area (Å²) in [6.07, 6.45) is 3.05.